The van der Waals surface area contributed by atoms with Gasteiger partial charge in [0.25, 0.3) is 5.91 Å². The van der Waals surface area contributed by atoms with E-state index >= 15 is 0 Å². The molecule has 1 unspecified atom stereocenters. The van der Waals surface area contributed by atoms with Crippen LogP contribution in [0.2, 0.25) is 5.15 Å². The minimum atomic E-state index is -0.170. The molecular formula is C11H16ClN3O. The first kappa shape index (κ1) is 12.8. The molecule has 0 aromatic carbocycles. The molecule has 1 aromatic rings. The third kappa shape index (κ3) is 3.70. The highest BCUT2D eigenvalue weighted by molar-refractivity contribution is 6.29. The lowest BCUT2D eigenvalue weighted by molar-refractivity contribution is 0.0948. The second-order valence-electron chi connectivity index (χ2n) is 3.83. The van der Waals surface area contributed by atoms with Gasteiger partial charge in [0, 0.05) is 12.1 Å². The van der Waals surface area contributed by atoms with Crippen LogP contribution in [0, 0.1) is 5.92 Å². The Hall–Kier alpha value is -1.29. The number of nitrogens with one attached hydrogen (secondary N) is 1. The fourth-order valence-corrected chi connectivity index (χ4v) is 1.38. The predicted octanol–water partition coefficient (Wildman–Crippen LogP) is 2.09. The van der Waals surface area contributed by atoms with Gasteiger partial charge in [-0.3, -0.25) is 4.79 Å². The molecule has 88 valence electrons. The van der Waals surface area contributed by atoms with Crippen molar-refractivity contribution in [2.24, 2.45) is 5.92 Å². The summed E-state index contributed by atoms with van der Waals surface area (Å²) < 4.78 is 0. The van der Waals surface area contributed by atoms with Gasteiger partial charge in [-0.2, -0.15) is 0 Å². The van der Waals surface area contributed by atoms with Crippen molar-refractivity contribution < 1.29 is 4.79 Å². The van der Waals surface area contributed by atoms with Gasteiger partial charge in [-0.05, 0) is 18.1 Å². The van der Waals surface area contributed by atoms with E-state index in [4.69, 9.17) is 17.3 Å². The van der Waals surface area contributed by atoms with Crippen LogP contribution in [0.5, 0.6) is 0 Å². The number of rotatable bonds is 4. The summed E-state index contributed by atoms with van der Waals surface area (Å²) in [5.41, 5.74) is 5.95. The largest absolute Gasteiger partial charge is 0.384 e. The summed E-state index contributed by atoms with van der Waals surface area (Å²) in [6.07, 6.45) is 1.03. The molecule has 0 radical (unpaired) electrons. The standard InChI is InChI=1S/C11H16ClN3O/c1-3-7(2)6-14-11(16)8-4-9(12)15-10(13)5-8/h4-5,7H,3,6H2,1-2H3,(H2,13,15)(H,14,16). The third-order valence-electron chi connectivity index (χ3n) is 2.38. The van der Waals surface area contributed by atoms with Crippen molar-refractivity contribution in [2.45, 2.75) is 20.3 Å². The zero-order valence-electron chi connectivity index (χ0n) is 9.46. The number of aromatic nitrogens is 1. The molecule has 0 aliphatic rings. The van der Waals surface area contributed by atoms with Gasteiger partial charge in [0.1, 0.15) is 11.0 Å². The van der Waals surface area contributed by atoms with E-state index in [0.717, 1.165) is 6.42 Å². The number of amides is 1. The second-order valence-corrected chi connectivity index (χ2v) is 4.21. The Morgan fingerprint density at radius 1 is 1.62 bits per heavy atom. The van der Waals surface area contributed by atoms with Crippen LogP contribution in [0.3, 0.4) is 0 Å². The smallest absolute Gasteiger partial charge is 0.251 e. The van der Waals surface area contributed by atoms with Crippen LogP contribution >= 0.6 is 11.6 Å². The molecule has 1 atom stereocenters. The Bertz CT molecular complexity index is 361. The molecule has 0 saturated carbocycles. The Morgan fingerprint density at radius 2 is 2.31 bits per heavy atom. The number of hydrogen-bond acceptors (Lipinski definition) is 3. The highest BCUT2D eigenvalue weighted by atomic mass is 35.5. The number of carbonyl (C=O) groups excluding carboxylic acids is 1. The predicted molar refractivity (Wildman–Crippen MR) is 65.4 cm³/mol. The number of nitrogen functional groups attached to an aromatic ring is 1. The van der Waals surface area contributed by atoms with Crippen molar-refractivity contribution in [2.75, 3.05) is 12.3 Å². The van der Waals surface area contributed by atoms with Crippen molar-refractivity contribution >= 4 is 23.3 Å². The number of halogens is 1. The highest BCUT2D eigenvalue weighted by Gasteiger charge is 2.09. The van der Waals surface area contributed by atoms with E-state index in [0.29, 0.717) is 18.0 Å². The Kier molecular flexibility index (Phi) is 4.55. The minimum absolute atomic E-state index is 0.170. The van der Waals surface area contributed by atoms with Gasteiger partial charge in [-0.15, -0.1) is 0 Å². The molecule has 3 N–H and O–H groups in total. The van der Waals surface area contributed by atoms with E-state index in [2.05, 4.69) is 24.1 Å². The normalized spacial score (nSPS) is 12.2. The van der Waals surface area contributed by atoms with Crippen molar-refractivity contribution in [1.29, 1.82) is 0 Å². The highest BCUT2D eigenvalue weighted by Crippen LogP contribution is 2.12. The number of nitrogens with two attached hydrogens (primary N) is 1. The first-order valence-electron chi connectivity index (χ1n) is 5.24. The molecule has 1 heterocycles. The number of pyridine rings is 1. The summed E-state index contributed by atoms with van der Waals surface area (Å²) in [4.78, 5) is 15.5. The fourth-order valence-electron chi connectivity index (χ4n) is 1.16. The maximum absolute atomic E-state index is 11.7. The minimum Gasteiger partial charge on any atom is -0.384 e. The number of nitrogens with zero attached hydrogens (tertiary/aromatic N) is 1. The lowest BCUT2D eigenvalue weighted by atomic mass is 10.1. The van der Waals surface area contributed by atoms with Crippen LogP contribution in [0.15, 0.2) is 12.1 Å². The van der Waals surface area contributed by atoms with E-state index < -0.39 is 0 Å². The van der Waals surface area contributed by atoms with Gasteiger partial charge in [0.2, 0.25) is 0 Å². The lowest BCUT2D eigenvalue weighted by Crippen LogP contribution is -2.28. The fraction of sp³-hybridized carbons (Fsp3) is 0.455. The molecule has 0 saturated heterocycles. The van der Waals surface area contributed by atoms with Crippen LogP contribution in [0.1, 0.15) is 30.6 Å². The molecule has 1 amide bonds. The monoisotopic (exact) mass is 241 g/mol. The maximum Gasteiger partial charge on any atom is 0.251 e. The molecule has 1 aromatic heterocycles. The molecule has 5 heteroatoms. The summed E-state index contributed by atoms with van der Waals surface area (Å²) in [7, 11) is 0. The zero-order chi connectivity index (χ0) is 12.1. The average Bonchev–Trinajstić information content (AvgIpc) is 2.23. The lowest BCUT2D eigenvalue weighted by Gasteiger charge is -2.10. The van der Waals surface area contributed by atoms with Gasteiger partial charge in [-0.1, -0.05) is 31.9 Å². The molecule has 0 bridgehead atoms. The van der Waals surface area contributed by atoms with E-state index in [1.54, 1.807) is 0 Å². The van der Waals surface area contributed by atoms with Crippen molar-refractivity contribution in [3.63, 3.8) is 0 Å². The molecule has 4 nitrogen and oxygen atoms in total. The molecule has 0 fully saturated rings. The second kappa shape index (κ2) is 5.70. The van der Waals surface area contributed by atoms with Gasteiger partial charge in [0.15, 0.2) is 0 Å². The van der Waals surface area contributed by atoms with Crippen molar-refractivity contribution in [3.05, 3.63) is 22.8 Å². The Morgan fingerprint density at radius 3 is 2.88 bits per heavy atom. The topological polar surface area (TPSA) is 68.0 Å². The zero-order valence-corrected chi connectivity index (χ0v) is 10.2. The SMILES string of the molecule is CCC(C)CNC(=O)c1cc(N)nc(Cl)c1. The van der Waals surface area contributed by atoms with E-state index in [1.807, 2.05) is 0 Å². The Balaban J connectivity index is 2.66. The van der Waals surface area contributed by atoms with Crippen LogP contribution in [0.4, 0.5) is 5.82 Å². The van der Waals surface area contributed by atoms with Gasteiger partial charge in [-0.25, -0.2) is 4.98 Å². The van der Waals surface area contributed by atoms with Gasteiger partial charge < -0.3 is 11.1 Å². The van der Waals surface area contributed by atoms with E-state index in [1.165, 1.54) is 12.1 Å². The maximum atomic E-state index is 11.7. The van der Waals surface area contributed by atoms with Crippen molar-refractivity contribution in [1.82, 2.24) is 10.3 Å². The molecule has 1 rings (SSSR count). The molecule has 0 spiro atoms. The molecular weight excluding hydrogens is 226 g/mol. The number of anilines is 1. The molecule has 0 aliphatic heterocycles. The van der Waals surface area contributed by atoms with Crippen molar-refractivity contribution in [3.8, 4) is 0 Å². The Labute approximate surface area is 100 Å². The third-order valence-corrected chi connectivity index (χ3v) is 2.58. The van der Waals surface area contributed by atoms with Crippen LogP contribution in [-0.4, -0.2) is 17.4 Å². The van der Waals surface area contributed by atoms with Gasteiger partial charge >= 0.3 is 0 Å². The van der Waals surface area contributed by atoms with Gasteiger partial charge in [0.05, 0.1) is 0 Å². The number of carbonyl (C=O) groups is 1. The summed E-state index contributed by atoms with van der Waals surface area (Å²) in [5, 5.41) is 3.05. The van der Waals surface area contributed by atoms with Crippen LogP contribution in [-0.2, 0) is 0 Å². The van der Waals surface area contributed by atoms with Crippen LogP contribution < -0.4 is 11.1 Å². The summed E-state index contributed by atoms with van der Waals surface area (Å²) >= 11 is 5.71. The summed E-state index contributed by atoms with van der Waals surface area (Å²) in [6.45, 7) is 4.81. The summed E-state index contributed by atoms with van der Waals surface area (Å²) in [5.74, 6) is 0.538. The molecule has 0 aliphatic carbocycles. The molecule has 16 heavy (non-hydrogen) atoms. The van der Waals surface area contributed by atoms with Crippen LogP contribution in [0.25, 0.3) is 0 Å². The average molecular weight is 242 g/mol. The van der Waals surface area contributed by atoms with E-state index in [9.17, 15) is 4.79 Å². The number of hydrogen-bond donors (Lipinski definition) is 2. The summed E-state index contributed by atoms with van der Waals surface area (Å²) in [6, 6.07) is 3.02. The first-order chi connectivity index (χ1) is 7.52. The first-order valence-corrected chi connectivity index (χ1v) is 5.62. The van der Waals surface area contributed by atoms with E-state index in [-0.39, 0.29) is 16.9 Å². The quantitative estimate of drug-likeness (QED) is 0.794.